The number of fused-ring (bicyclic) bond motifs is 1. The SMILES string of the molecule is CC(C)C[C@@H]1C(=O)N[C@H](C2Cc3ccccc3C2)C(=O)N1[C@@H](C(=O)NC(C)C)c1cccnc1. The second-order valence-corrected chi connectivity index (χ2v) is 10.2. The summed E-state index contributed by atoms with van der Waals surface area (Å²) in [7, 11) is 0. The molecule has 34 heavy (non-hydrogen) atoms. The van der Waals surface area contributed by atoms with Crippen LogP contribution in [-0.4, -0.2) is 45.7 Å². The van der Waals surface area contributed by atoms with E-state index in [1.807, 2.05) is 39.8 Å². The van der Waals surface area contributed by atoms with Gasteiger partial charge in [0.25, 0.3) is 0 Å². The summed E-state index contributed by atoms with van der Waals surface area (Å²) in [5, 5.41) is 5.99. The number of piperazine rings is 1. The molecule has 7 heteroatoms. The average molecular weight is 463 g/mol. The molecule has 2 heterocycles. The summed E-state index contributed by atoms with van der Waals surface area (Å²) >= 11 is 0. The van der Waals surface area contributed by atoms with Crippen LogP contribution in [0.15, 0.2) is 48.8 Å². The standard InChI is InChI=1S/C27H34N4O3/c1-16(2)12-22-25(32)30-23(21-13-18-8-5-6-9-19(18)14-21)27(34)31(22)24(26(33)29-17(3)4)20-10-7-11-28-15-20/h5-11,15-17,21-24H,12-14H2,1-4H3,(H,29,33)(H,30,32)/t22-,23-,24-/m1/s1. The number of hydrogen-bond acceptors (Lipinski definition) is 4. The van der Waals surface area contributed by atoms with E-state index >= 15 is 0 Å². The van der Waals surface area contributed by atoms with Crippen molar-refractivity contribution in [3.63, 3.8) is 0 Å². The van der Waals surface area contributed by atoms with Crippen molar-refractivity contribution < 1.29 is 14.4 Å². The number of rotatable bonds is 7. The second kappa shape index (κ2) is 9.95. The van der Waals surface area contributed by atoms with Crippen molar-refractivity contribution in [1.82, 2.24) is 20.5 Å². The fourth-order valence-electron chi connectivity index (χ4n) is 5.21. The fraction of sp³-hybridized carbons (Fsp3) is 0.481. The lowest BCUT2D eigenvalue weighted by atomic mass is 9.88. The van der Waals surface area contributed by atoms with Gasteiger partial charge in [0.05, 0.1) is 0 Å². The molecule has 1 aliphatic carbocycles. The molecule has 4 rings (SSSR count). The summed E-state index contributed by atoms with van der Waals surface area (Å²) < 4.78 is 0. The maximum Gasteiger partial charge on any atom is 0.247 e. The first-order valence-electron chi connectivity index (χ1n) is 12.2. The monoisotopic (exact) mass is 462 g/mol. The summed E-state index contributed by atoms with van der Waals surface area (Å²) in [5.41, 5.74) is 3.03. The summed E-state index contributed by atoms with van der Waals surface area (Å²) in [5.74, 6) is -0.565. The van der Waals surface area contributed by atoms with Crippen LogP contribution in [0.3, 0.4) is 0 Å². The Hall–Kier alpha value is -3.22. The molecule has 7 nitrogen and oxygen atoms in total. The summed E-state index contributed by atoms with van der Waals surface area (Å²) in [4.78, 5) is 46.8. The normalized spacial score (nSPS) is 21.5. The predicted molar refractivity (Wildman–Crippen MR) is 130 cm³/mol. The molecule has 1 aromatic carbocycles. The van der Waals surface area contributed by atoms with Crippen molar-refractivity contribution in [3.05, 3.63) is 65.5 Å². The smallest absolute Gasteiger partial charge is 0.247 e. The molecule has 3 amide bonds. The molecule has 1 saturated heterocycles. The highest BCUT2D eigenvalue weighted by Gasteiger charge is 2.49. The highest BCUT2D eigenvalue weighted by atomic mass is 16.2. The largest absolute Gasteiger partial charge is 0.352 e. The molecule has 0 unspecified atom stereocenters. The number of aromatic nitrogens is 1. The van der Waals surface area contributed by atoms with E-state index in [0.29, 0.717) is 12.0 Å². The third-order valence-corrected chi connectivity index (χ3v) is 6.66. The zero-order valence-corrected chi connectivity index (χ0v) is 20.3. The van der Waals surface area contributed by atoms with Crippen LogP contribution in [0.5, 0.6) is 0 Å². The van der Waals surface area contributed by atoms with Crippen molar-refractivity contribution in [2.75, 3.05) is 0 Å². The van der Waals surface area contributed by atoms with Crippen LogP contribution in [-0.2, 0) is 27.2 Å². The van der Waals surface area contributed by atoms with Crippen molar-refractivity contribution in [2.24, 2.45) is 11.8 Å². The lowest BCUT2D eigenvalue weighted by Gasteiger charge is -2.44. The zero-order chi connectivity index (χ0) is 24.4. The van der Waals surface area contributed by atoms with E-state index in [1.165, 1.54) is 11.1 Å². The third kappa shape index (κ3) is 4.83. The van der Waals surface area contributed by atoms with Crippen LogP contribution in [0.2, 0.25) is 0 Å². The minimum atomic E-state index is -0.926. The van der Waals surface area contributed by atoms with Gasteiger partial charge < -0.3 is 15.5 Å². The second-order valence-electron chi connectivity index (χ2n) is 10.2. The van der Waals surface area contributed by atoms with Crippen molar-refractivity contribution >= 4 is 17.7 Å². The van der Waals surface area contributed by atoms with Gasteiger partial charge in [-0.15, -0.1) is 0 Å². The van der Waals surface area contributed by atoms with Gasteiger partial charge in [0.2, 0.25) is 17.7 Å². The zero-order valence-electron chi connectivity index (χ0n) is 20.3. The molecule has 0 radical (unpaired) electrons. The van der Waals surface area contributed by atoms with Gasteiger partial charge in [-0.1, -0.05) is 44.2 Å². The maximum absolute atomic E-state index is 14.1. The highest BCUT2D eigenvalue weighted by Crippen LogP contribution is 2.35. The van der Waals surface area contributed by atoms with Crippen molar-refractivity contribution in [3.8, 4) is 0 Å². The van der Waals surface area contributed by atoms with Crippen molar-refractivity contribution in [2.45, 2.75) is 71.1 Å². The van der Waals surface area contributed by atoms with E-state index in [-0.39, 0.29) is 35.6 Å². The van der Waals surface area contributed by atoms with E-state index in [0.717, 1.165) is 12.8 Å². The summed E-state index contributed by atoms with van der Waals surface area (Å²) in [6.45, 7) is 7.80. The van der Waals surface area contributed by atoms with Gasteiger partial charge in [-0.2, -0.15) is 0 Å². The Morgan fingerprint density at radius 1 is 1.09 bits per heavy atom. The number of carbonyl (C=O) groups is 3. The van der Waals surface area contributed by atoms with E-state index < -0.39 is 18.1 Å². The Morgan fingerprint density at radius 2 is 1.76 bits per heavy atom. The lowest BCUT2D eigenvalue weighted by molar-refractivity contribution is -0.158. The molecule has 2 aromatic rings. The summed E-state index contributed by atoms with van der Waals surface area (Å²) in [6, 6.07) is 9.28. The first-order chi connectivity index (χ1) is 16.3. The minimum absolute atomic E-state index is 0.0425. The van der Waals surface area contributed by atoms with E-state index in [2.05, 4.69) is 27.8 Å². The van der Waals surface area contributed by atoms with Crippen LogP contribution in [0.4, 0.5) is 0 Å². The Bertz CT molecular complexity index is 1030. The van der Waals surface area contributed by atoms with Gasteiger partial charge in [-0.05, 0) is 62.1 Å². The molecule has 1 aliphatic heterocycles. The molecule has 1 fully saturated rings. The van der Waals surface area contributed by atoms with E-state index in [1.54, 1.807) is 29.4 Å². The number of carbonyl (C=O) groups excluding carboxylic acids is 3. The van der Waals surface area contributed by atoms with Crippen LogP contribution >= 0.6 is 0 Å². The number of pyridine rings is 1. The molecule has 2 N–H and O–H groups in total. The van der Waals surface area contributed by atoms with Crippen LogP contribution in [0, 0.1) is 11.8 Å². The minimum Gasteiger partial charge on any atom is -0.352 e. The number of nitrogens with one attached hydrogen (secondary N) is 2. The average Bonchev–Trinajstić information content (AvgIpc) is 3.22. The quantitative estimate of drug-likeness (QED) is 0.662. The van der Waals surface area contributed by atoms with Gasteiger partial charge in [-0.3, -0.25) is 19.4 Å². The fourth-order valence-corrected chi connectivity index (χ4v) is 5.21. The molecular formula is C27H34N4O3. The van der Waals surface area contributed by atoms with Gasteiger partial charge in [-0.25, -0.2) is 0 Å². The highest BCUT2D eigenvalue weighted by molar-refractivity contribution is 6.00. The number of amides is 3. The molecule has 180 valence electrons. The van der Waals surface area contributed by atoms with Crippen LogP contribution in [0.1, 0.15) is 56.8 Å². The Balaban J connectivity index is 1.73. The third-order valence-electron chi connectivity index (χ3n) is 6.66. The molecule has 1 aromatic heterocycles. The Kier molecular flexibility index (Phi) is 7.00. The summed E-state index contributed by atoms with van der Waals surface area (Å²) in [6.07, 6.45) is 5.17. The molecular weight excluding hydrogens is 428 g/mol. The number of benzene rings is 1. The van der Waals surface area contributed by atoms with Crippen LogP contribution in [0.25, 0.3) is 0 Å². The molecule has 3 atom stereocenters. The first kappa shape index (κ1) is 23.9. The number of hydrogen-bond donors (Lipinski definition) is 2. The first-order valence-corrected chi connectivity index (χ1v) is 12.2. The van der Waals surface area contributed by atoms with Gasteiger partial charge in [0.15, 0.2) is 0 Å². The molecule has 0 saturated carbocycles. The molecule has 0 bridgehead atoms. The molecule has 0 spiro atoms. The van der Waals surface area contributed by atoms with Gasteiger partial charge >= 0.3 is 0 Å². The van der Waals surface area contributed by atoms with Gasteiger partial charge in [0, 0.05) is 24.0 Å². The van der Waals surface area contributed by atoms with Gasteiger partial charge in [0.1, 0.15) is 18.1 Å². The lowest BCUT2D eigenvalue weighted by Crippen LogP contribution is -2.67. The topological polar surface area (TPSA) is 91.4 Å². The van der Waals surface area contributed by atoms with Crippen molar-refractivity contribution in [1.29, 1.82) is 0 Å². The van der Waals surface area contributed by atoms with Crippen LogP contribution < -0.4 is 10.6 Å². The Labute approximate surface area is 201 Å². The van der Waals surface area contributed by atoms with E-state index in [9.17, 15) is 14.4 Å². The van der Waals surface area contributed by atoms with E-state index in [4.69, 9.17) is 0 Å². The Morgan fingerprint density at radius 3 is 2.32 bits per heavy atom. The maximum atomic E-state index is 14.1. The predicted octanol–water partition coefficient (Wildman–Crippen LogP) is 2.80. The molecule has 2 aliphatic rings. The number of nitrogens with zero attached hydrogens (tertiary/aromatic N) is 2.